The smallest absolute Gasteiger partial charge is 0.339 e. The van der Waals surface area contributed by atoms with Crippen LogP contribution in [0.15, 0.2) is 72.8 Å². The summed E-state index contributed by atoms with van der Waals surface area (Å²) in [5.41, 5.74) is 2.28. The van der Waals surface area contributed by atoms with Gasteiger partial charge in [-0.05, 0) is 85.8 Å². The molecule has 0 atom stereocenters. The van der Waals surface area contributed by atoms with E-state index in [0.29, 0.717) is 18.3 Å². The molecule has 0 aromatic heterocycles. The summed E-state index contributed by atoms with van der Waals surface area (Å²) in [6, 6.07) is 20.0. The minimum atomic E-state index is -0.991. The van der Waals surface area contributed by atoms with Gasteiger partial charge < -0.3 is 14.7 Å². The number of benzene rings is 3. The molecule has 0 amide bonds. The standard InChI is InChI=1S/C28H29F2NO3/c29-23-10-6-20(7-11-23)27(21-8-12-24(30)13-9-21)22-14-17-31(18-15-22)16-3-19-34-26-5-2-1-4-25(26)28(32)33/h1-2,4-13,22,27H,3,14-19H2,(H,32,33). The lowest BCUT2D eigenvalue weighted by Crippen LogP contribution is -2.36. The van der Waals surface area contributed by atoms with Crippen LogP contribution < -0.4 is 4.74 Å². The van der Waals surface area contributed by atoms with E-state index in [1.165, 1.54) is 24.3 Å². The number of halogens is 2. The third-order valence-corrected chi connectivity index (χ3v) is 6.56. The van der Waals surface area contributed by atoms with E-state index >= 15 is 0 Å². The van der Waals surface area contributed by atoms with Crippen LogP contribution in [0.3, 0.4) is 0 Å². The van der Waals surface area contributed by atoms with Gasteiger partial charge >= 0.3 is 5.97 Å². The summed E-state index contributed by atoms with van der Waals surface area (Å²) in [7, 11) is 0. The third kappa shape index (κ3) is 6.00. The molecule has 0 aliphatic carbocycles. The van der Waals surface area contributed by atoms with Gasteiger partial charge in [-0.2, -0.15) is 0 Å². The first-order valence-electron chi connectivity index (χ1n) is 11.7. The summed E-state index contributed by atoms with van der Waals surface area (Å²) >= 11 is 0. The predicted molar refractivity (Wildman–Crippen MR) is 127 cm³/mol. The number of aromatic carboxylic acids is 1. The van der Waals surface area contributed by atoms with Crippen molar-refractivity contribution in [3.8, 4) is 5.75 Å². The highest BCUT2D eigenvalue weighted by atomic mass is 19.1. The highest BCUT2D eigenvalue weighted by Crippen LogP contribution is 2.38. The maximum Gasteiger partial charge on any atom is 0.339 e. The molecule has 3 aromatic carbocycles. The van der Waals surface area contributed by atoms with Crippen molar-refractivity contribution in [3.05, 3.63) is 101 Å². The fourth-order valence-electron chi connectivity index (χ4n) is 4.83. The molecule has 1 N–H and O–H groups in total. The number of carboxylic acid groups (broad SMARTS) is 1. The number of carboxylic acids is 1. The van der Waals surface area contributed by atoms with Crippen LogP contribution in [0.25, 0.3) is 0 Å². The van der Waals surface area contributed by atoms with E-state index in [1.807, 2.05) is 24.3 Å². The largest absolute Gasteiger partial charge is 0.493 e. The molecule has 0 spiro atoms. The average molecular weight is 466 g/mol. The van der Waals surface area contributed by atoms with Crippen LogP contribution in [0.1, 0.15) is 46.7 Å². The Labute approximate surface area is 198 Å². The van der Waals surface area contributed by atoms with Gasteiger partial charge in [0.1, 0.15) is 22.9 Å². The van der Waals surface area contributed by atoms with Crippen LogP contribution in [0.4, 0.5) is 8.78 Å². The van der Waals surface area contributed by atoms with Crippen molar-refractivity contribution in [3.63, 3.8) is 0 Å². The summed E-state index contributed by atoms with van der Waals surface area (Å²) in [6.45, 7) is 3.21. The molecular weight excluding hydrogens is 436 g/mol. The van der Waals surface area contributed by atoms with Crippen LogP contribution in [0.2, 0.25) is 0 Å². The monoisotopic (exact) mass is 465 g/mol. The topological polar surface area (TPSA) is 49.8 Å². The molecule has 0 bridgehead atoms. The lowest BCUT2D eigenvalue weighted by molar-refractivity contribution is 0.0692. The van der Waals surface area contributed by atoms with Crippen LogP contribution in [-0.2, 0) is 0 Å². The van der Waals surface area contributed by atoms with Crippen molar-refractivity contribution < 1.29 is 23.4 Å². The number of hydrogen-bond acceptors (Lipinski definition) is 3. The first-order valence-corrected chi connectivity index (χ1v) is 11.7. The second kappa shape index (κ2) is 11.3. The Kier molecular flexibility index (Phi) is 7.91. The van der Waals surface area contributed by atoms with E-state index < -0.39 is 5.97 Å². The molecule has 4 nitrogen and oxygen atoms in total. The van der Waals surface area contributed by atoms with Crippen molar-refractivity contribution in [2.75, 3.05) is 26.2 Å². The molecule has 3 aromatic rings. The number of likely N-dealkylation sites (tertiary alicyclic amines) is 1. The molecule has 1 aliphatic heterocycles. The number of ether oxygens (including phenoxy) is 1. The SMILES string of the molecule is O=C(O)c1ccccc1OCCCN1CCC(C(c2ccc(F)cc2)c2ccc(F)cc2)CC1. The van der Waals surface area contributed by atoms with Gasteiger partial charge in [-0.1, -0.05) is 36.4 Å². The van der Waals surface area contributed by atoms with Gasteiger partial charge in [0.25, 0.3) is 0 Å². The first kappa shape index (κ1) is 23.9. The number of hydrogen-bond donors (Lipinski definition) is 1. The Morgan fingerprint density at radius 2 is 1.47 bits per heavy atom. The molecule has 0 unspecified atom stereocenters. The molecule has 178 valence electrons. The minimum absolute atomic E-state index is 0.0965. The molecule has 6 heteroatoms. The highest BCUT2D eigenvalue weighted by molar-refractivity contribution is 5.90. The summed E-state index contributed by atoms with van der Waals surface area (Å²) in [5, 5.41) is 9.26. The molecule has 1 aliphatic rings. The number of piperidine rings is 1. The predicted octanol–water partition coefficient (Wildman–Crippen LogP) is 5.98. The Bertz CT molecular complexity index is 1030. The van der Waals surface area contributed by atoms with Crippen LogP contribution >= 0.6 is 0 Å². The second-order valence-electron chi connectivity index (χ2n) is 8.76. The number of para-hydroxylation sites is 1. The van der Waals surface area contributed by atoms with E-state index in [0.717, 1.165) is 50.0 Å². The Morgan fingerprint density at radius 1 is 0.912 bits per heavy atom. The van der Waals surface area contributed by atoms with Crippen molar-refractivity contribution in [2.24, 2.45) is 5.92 Å². The molecule has 34 heavy (non-hydrogen) atoms. The summed E-state index contributed by atoms with van der Waals surface area (Å²) in [5.74, 6) is -0.635. The fourth-order valence-corrected chi connectivity index (χ4v) is 4.83. The summed E-state index contributed by atoms with van der Waals surface area (Å²) in [4.78, 5) is 13.7. The van der Waals surface area contributed by atoms with E-state index in [-0.39, 0.29) is 23.1 Å². The maximum absolute atomic E-state index is 13.5. The number of rotatable bonds is 9. The normalized spacial score (nSPS) is 14.9. The second-order valence-corrected chi connectivity index (χ2v) is 8.76. The van der Waals surface area contributed by atoms with Gasteiger partial charge in [0, 0.05) is 12.5 Å². The molecule has 0 saturated carbocycles. The van der Waals surface area contributed by atoms with Crippen molar-refractivity contribution in [2.45, 2.75) is 25.2 Å². The quantitative estimate of drug-likeness (QED) is 0.395. The number of carbonyl (C=O) groups is 1. The molecule has 1 heterocycles. The fraction of sp³-hybridized carbons (Fsp3) is 0.321. The third-order valence-electron chi connectivity index (χ3n) is 6.56. The number of nitrogens with zero attached hydrogens (tertiary/aromatic N) is 1. The maximum atomic E-state index is 13.5. The molecule has 0 radical (unpaired) electrons. The van der Waals surface area contributed by atoms with Gasteiger partial charge in [0.15, 0.2) is 0 Å². The lowest BCUT2D eigenvalue weighted by atomic mass is 9.76. The Hall–Kier alpha value is -3.25. The zero-order valence-electron chi connectivity index (χ0n) is 19.0. The van der Waals surface area contributed by atoms with Crippen molar-refractivity contribution >= 4 is 5.97 Å². The molecular formula is C28H29F2NO3. The Morgan fingerprint density at radius 3 is 2.03 bits per heavy atom. The van der Waals surface area contributed by atoms with E-state index in [1.54, 1.807) is 24.3 Å². The summed E-state index contributed by atoms with van der Waals surface area (Å²) in [6.07, 6.45) is 2.78. The van der Waals surface area contributed by atoms with Gasteiger partial charge in [-0.15, -0.1) is 0 Å². The van der Waals surface area contributed by atoms with E-state index in [9.17, 15) is 18.7 Å². The Balaban J connectivity index is 1.32. The van der Waals surface area contributed by atoms with Gasteiger partial charge in [0.2, 0.25) is 0 Å². The van der Waals surface area contributed by atoms with Crippen LogP contribution in [0.5, 0.6) is 5.75 Å². The molecule has 4 rings (SSSR count). The summed E-state index contributed by atoms with van der Waals surface area (Å²) < 4.78 is 32.8. The average Bonchev–Trinajstić information content (AvgIpc) is 2.85. The first-order chi connectivity index (χ1) is 16.5. The molecule has 1 saturated heterocycles. The zero-order chi connectivity index (χ0) is 23.9. The molecule has 1 fully saturated rings. The lowest BCUT2D eigenvalue weighted by Gasteiger charge is -2.36. The van der Waals surface area contributed by atoms with E-state index in [4.69, 9.17) is 4.74 Å². The van der Waals surface area contributed by atoms with Crippen molar-refractivity contribution in [1.82, 2.24) is 4.90 Å². The van der Waals surface area contributed by atoms with Gasteiger partial charge in [0.05, 0.1) is 6.61 Å². The minimum Gasteiger partial charge on any atom is -0.493 e. The van der Waals surface area contributed by atoms with Crippen LogP contribution in [-0.4, -0.2) is 42.2 Å². The van der Waals surface area contributed by atoms with Gasteiger partial charge in [-0.3, -0.25) is 0 Å². The highest BCUT2D eigenvalue weighted by Gasteiger charge is 2.29. The van der Waals surface area contributed by atoms with Crippen molar-refractivity contribution in [1.29, 1.82) is 0 Å². The zero-order valence-corrected chi connectivity index (χ0v) is 19.0. The van der Waals surface area contributed by atoms with Crippen LogP contribution in [0, 0.1) is 17.6 Å². The van der Waals surface area contributed by atoms with Gasteiger partial charge in [-0.25, -0.2) is 13.6 Å². The van der Waals surface area contributed by atoms with E-state index in [2.05, 4.69) is 4.90 Å².